The maximum absolute atomic E-state index is 11.0. The molecule has 1 aliphatic rings. The van der Waals surface area contributed by atoms with Crippen molar-refractivity contribution in [3.63, 3.8) is 0 Å². The number of nitrogens with one attached hydrogen (secondary N) is 1. The van der Waals surface area contributed by atoms with Crippen molar-refractivity contribution >= 4 is 11.5 Å². The maximum atomic E-state index is 11.0. The number of hydrogen-bond acceptors (Lipinski definition) is 6. The fraction of sp³-hybridized carbons (Fsp3) is 0.643. The highest BCUT2D eigenvalue weighted by atomic mass is 16.6. The summed E-state index contributed by atoms with van der Waals surface area (Å²) in [5, 5.41) is 14.1. The van der Waals surface area contributed by atoms with Crippen LogP contribution in [0.1, 0.15) is 19.4 Å². The topological polar surface area (TPSA) is 80.5 Å². The Morgan fingerprint density at radius 1 is 1.48 bits per heavy atom. The summed E-state index contributed by atoms with van der Waals surface area (Å²) in [7, 11) is 0. The molecule has 2 atom stereocenters. The second-order valence-electron chi connectivity index (χ2n) is 5.58. The van der Waals surface area contributed by atoms with Crippen LogP contribution in [0.3, 0.4) is 0 Å². The molecule has 1 fully saturated rings. The smallest absolute Gasteiger partial charge is 0.311 e. The molecular formula is C14H22N4O3. The number of nitrogens with zero attached hydrogens (tertiary/aromatic N) is 3. The minimum atomic E-state index is -0.402. The number of aromatic nitrogens is 1. The fourth-order valence-corrected chi connectivity index (χ4v) is 2.63. The lowest BCUT2D eigenvalue weighted by Crippen LogP contribution is -2.46. The largest absolute Gasteiger partial charge is 0.373 e. The Labute approximate surface area is 124 Å². The van der Waals surface area contributed by atoms with Crippen LogP contribution in [-0.4, -0.2) is 53.2 Å². The molecule has 2 unspecified atom stereocenters. The van der Waals surface area contributed by atoms with Gasteiger partial charge in [0.05, 0.1) is 17.1 Å². The van der Waals surface area contributed by atoms with E-state index in [9.17, 15) is 10.1 Å². The molecule has 2 rings (SSSR count). The van der Waals surface area contributed by atoms with E-state index in [0.717, 1.165) is 25.2 Å². The predicted molar refractivity (Wildman–Crippen MR) is 80.6 cm³/mol. The van der Waals surface area contributed by atoms with Crippen molar-refractivity contribution in [1.82, 2.24) is 9.88 Å². The molecule has 0 aliphatic carbocycles. The second kappa shape index (κ2) is 6.82. The molecule has 2 heterocycles. The van der Waals surface area contributed by atoms with Gasteiger partial charge in [0.15, 0.2) is 0 Å². The Morgan fingerprint density at radius 3 is 2.76 bits per heavy atom. The van der Waals surface area contributed by atoms with Gasteiger partial charge in [0.25, 0.3) is 0 Å². The number of anilines is 1. The molecule has 116 valence electrons. The Balaban J connectivity index is 1.90. The monoisotopic (exact) mass is 294 g/mol. The molecule has 21 heavy (non-hydrogen) atoms. The predicted octanol–water partition coefficient (Wildman–Crippen LogP) is 1.82. The highest BCUT2D eigenvalue weighted by molar-refractivity contribution is 5.56. The van der Waals surface area contributed by atoms with E-state index in [-0.39, 0.29) is 17.9 Å². The molecule has 1 aromatic rings. The highest BCUT2D eigenvalue weighted by Crippen LogP contribution is 2.22. The molecule has 0 bridgehead atoms. The van der Waals surface area contributed by atoms with Gasteiger partial charge in [-0.1, -0.05) is 0 Å². The van der Waals surface area contributed by atoms with Crippen LogP contribution < -0.4 is 5.32 Å². The molecule has 1 saturated heterocycles. The van der Waals surface area contributed by atoms with Crippen molar-refractivity contribution in [3.05, 3.63) is 27.9 Å². The van der Waals surface area contributed by atoms with E-state index < -0.39 is 4.92 Å². The summed E-state index contributed by atoms with van der Waals surface area (Å²) in [6, 6.07) is 1.54. The van der Waals surface area contributed by atoms with Crippen molar-refractivity contribution in [2.45, 2.75) is 33.0 Å². The van der Waals surface area contributed by atoms with Crippen molar-refractivity contribution < 1.29 is 9.66 Å². The van der Waals surface area contributed by atoms with E-state index in [2.05, 4.69) is 29.0 Å². The van der Waals surface area contributed by atoms with E-state index in [1.54, 1.807) is 13.1 Å². The van der Waals surface area contributed by atoms with Gasteiger partial charge in [-0.2, -0.15) is 0 Å². The zero-order valence-electron chi connectivity index (χ0n) is 12.7. The Bertz CT molecular complexity index is 499. The van der Waals surface area contributed by atoms with Gasteiger partial charge < -0.3 is 10.1 Å². The van der Waals surface area contributed by atoms with Gasteiger partial charge in [-0.05, 0) is 26.3 Å². The molecular weight excluding hydrogens is 272 g/mol. The molecule has 0 aromatic carbocycles. The average molecular weight is 294 g/mol. The van der Waals surface area contributed by atoms with Crippen molar-refractivity contribution in [2.75, 3.05) is 31.5 Å². The Kier molecular flexibility index (Phi) is 5.08. The SMILES string of the molecule is Cc1cnc(NCCN2CC(C)OC(C)C2)c([N+](=O)[O-])c1. The second-order valence-corrected chi connectivity index (χ2v) is 5.58. The van der Waals surface area contributed by atoms with E-state index in [0.29, 0.717) is 12.4 Å². The van der Waals surface area contributed by atoms with Gasteiger partial charge in [-0.3, -0.25) is 15.0 Å². The molecule has 7 heteroatoms. The van der Waals surface area contributed by atoms with E-state index >= 15 is 0 Å². The van der Waals surface area contributed by atoms with Crippen molar-refractivity contribution in [1.29, 1.82) is 0 Å². The van der Waals surface area contributed by atoms with Crippen LogP contribution in [0.2, 0.25) is 0 Å². The number of ether oxygens (including phenoxy) is 1. The van der Waals surface area contributed by atoms with Crippen LogP contribution in [0.4, 0.5) is 11.5 Å². The molecule has 1 aromatic heterocycles. The molecule has 0 amide bonds. The molecule has 0 saturated carbocycles. The zero-order valence-corrected chi connectivity index (χ0v) is 12.7. The first-order valence-electron chi connectivity index (χ1n) is 7.18. The van der Waals surface area contributed by atoms with Gasteiger partial charge >= 0.3 is 5.69 Å². The van der Waals surface area contributed by atoms with E-state index in [1.807, 2.05) is 0 Å². The number of rotatable bonds is 5. The first-order valence-corrected chi connectivity index (χ1v) is 7.18. The number of nitro groups is 1. The summed E-state index contributed by atoms with van der Waals surface area (Å²) >= 11 is 0. The summed E-state index contributed by atoms with van der Waals surface area (Å²) in [6.45, 7) is 9.11. The first kappa shape index (κ1) is 15.7. The van der Waals surface area contributed by atoms with Crippen LogP contribution in [0.15, 0.2) is 12.3 Å². The van der Waals surface area contributed by atoms with Crippen LogP contribution in [0, 0.1) is 17.0 Å². The third-order valence-corrected chi connectivity index (χ3v) is 3.42. The summed E-state index contributed by atoms with van der Waals surface area (Å²) in [6.07, 6.45) is 2.08. The number of morpholine rings is 1. The molecule has 1 aliphatic heterocycles. The average Bonchev–Trinajstić information content (AvgIpc) is 2.39. The Morgan fingerprint density at radius 2 is 2.14 bits per heavy atom. The normalized spacial score (nSPS) is 23.0. The number of hydrogen-bond donors (Lipinski definition) is 1. The Hall–Kier alpha value is -1.73. The molecule has 1 N–H and O–H groups in total. The standard InChI is InChI=1S/C14H22N4O3/c1-10-6-13(18(19)20)14(16-7-10)15-4-5-17-8-11(2)21-12(3)9-17/h6-7,11-12H,4-5,8-9H2,1-3H3,(H,15,16). The van der Waals surface area contributed by atoms with Gasteiger partial charge in [-0.15, -0.1) is 0 Å². The fourth-order valence-electron chi connectivity index (χ4n) is 2.63. The van der Waals surface area contributed by atoms with Crippen LogP contribution in [0.5, 0.6) is 0 Å². The summed E-state index contributed by atoms with van der Waals surface area (Å²) in [4.78, 5) is 17.0. The van der Waals surface area contributed by atoms with Gasteiger partial charge in [0, 0.05) is 38.4 Å². The summed E-state index contributed by atoms with van der Waals surface area (Å²) < 4.78 is 5.68. The van der Waals surface area contributed by atoms with E-state index in [1.165, 1.54) is 6.07 Å². The first-order chi connectivity index (χ1) is 9.95. The lowest BCUT2D eigenvalue weighted by molar-refractivity contribution is -0.384. The maximum Gasteiger partial charge on any atom is 0.311 e. The number of aryl methyl sites for hydroxylation is 1. The van der Waals surface area contributed by atoms with Gasteiger partial charge in [0.2, 0.25) is 5.82 Å². The van der Waals surface area contributed by atoms with Gasteiger partial charge in [-0.25, -0.2) is 4.98 Å². The quantitative estimate of drug-likeness (QED) is 0.659. The number of pyridine rings is 1. The molecule has 0 radical (unpaired) electrons. The summed E-state index contributed by atoms with van der Waals surface area (Å²) in [5.41, 5.74) is 0.807. The third-order valence-electron chi connectivity index (χ3n) is 3.42. The lowest BCUT2D eigenvalue weighted by atomic mass is 10.2. The van der Waals surface area contributed by atoms with Gasteiger partial charge in [0.1, 0.15) is 0 Å². The highest BCUT2D eigenvalue weighted by Gasteiger charge is 2.22. The zero-order chi connectivity index (χ0) is 15.4. The molecule has 0 spiro atoms. The van der Waals surface area contributed by atoms with Crippen molar-refractivity contribution in [3.8, 4) is 0 Å². The van der Waals surface area contributed by atoms with Crippen LogP contribution in [-0.2, 0) is 4.74 Å². The van der Waals surface area contributed by atoms with Crippen LogP contribution in [0.25, 0.3) is 0 Å². The minimum absolute atomic E-state index is 0.0266. The molecule has 7 nitrogen and oxygen atoms in total. The lowest BCUT2D eigenvalue weighted by Gasteiger charge is -2.35. The minimum Gasteiger partial charge on any atom is -0.373 e. The van der Waals surface area contributed by atoms with E-state index in [4.69, 9.17) is 4.74 Å². The van der Waals surface area contributed by atoms with Crippen LogP contribution >= 0.6 is 0 Å². The van der Waals surface area contributed by atoms with Crippen molar-refractivity contribution in [2.24, 2.45) is 0 Å². The third kappa shape index (κ3) is 4.37. The summed E-state index contributed by atoms with van der Waals surface area (Å²) in [5.74, 6) is 0.333.